The second-order valence-electron chi connectivity index (χ2n) is 4.80. The third-order valence-corrected chi connectivity index (χ3v) is 3.58. The highest BCUT2D eigenvalue weighted by Gasteiger charge is 2.34. The Labute approximate surface area is 110 Å². The Hall–Kier alpha value is -1.74. The lowest BCUT2D eigenvalue weighted by molar-refractivity contribution is 0.0624. The molecule has 2 rings (SSSR count). The lowest BCUT2D eigenvalue weighted by Gasteiger charge is -2.35. The number of nitrogen functional groups attached to an aromatic ring is 1. The molecule has 3 N–H and O–H groups in total. The van der Waals surface area contributed by atoms with E-state index in [2.05, 4.69) is 16.3 Å². The Morgan fingerprint density at radius 1 is 1.72 bits per heavy atom. The number of nitrogens with zero attached hydrogens (tertiary/aromatic N) is 3. The summed E-state index contributed by atoms with van der Waals surface area (Å²) in [6.07, 6.45) is 1.60. The van der Waals surface area contributed by atoms with Crippen LogP contribution in [0.25, 0.3) is 0 Å². The number of carbonyl (C=O) groups excluding carboxylic acids is 1. The highest BCUT2D eigenvalue weighted by molar-refractivity contribution is 6.35. The van der Waals surface area contributed by atoms with Crippen molar-refractivity contribution in [3.63, 3.8) is 0 Å². The fourth-order valence-corrected chi connectivity index (χ4v) is 2.31. The number of hydrogen-bond donors (Lipinski definition) is 2. The molecule has 1 aromatic rings. The molecule has 1 saturated heterocycles. The molecular weight excluding hydrogens is 254 g/mol. The minimum absolute atomic E-state index is 0.111. The maximum absolute atomic E-state index is 12.2. The molecule has 18 heavy (non-hydrogen) atoms. The van der Waals surface area contributed by atoms with Crippen LogP contribution in [0, 0.1) is 16.7 Å². The first-order chi connectivity index (χ1) is 8.47. The van der Waals surface area contributed by atoms with E-state index in [1.165, 1.54) is 0 Å². The smallest absolute Gasteiger partial charge is 0.273 e. The summed E-state index contributed by atoms with van der Waals surface area (Å²) in [4.78, 5) is 13.9. The van der Waals surface area contributed by atoms with Crippen LogP contribution < -0.4 is 5.73 Å². The number of nitrogens with one attached hydrogen (secondary N) is 1. The second-order valence-corrected chi connectivity index (χ2v) is 5.18. The molecular formula is C11H14ClN5O. The fraction of sp³-hybridized carbons (Fsp3) is 0.545. The fourth-order valence-electron chi connectivity index (χ4n) is 2.15. The van der Waals surface area contributed by atoms with Crippen LogP contribution >= 0.6 is 11.6 Å². The van der Waals surface area contributed by atoms with Gasteiger partial charge in [-0.1, -0.05) is 11.6 Å². The summed E-state index contributed by atoms with van der Waals surface area (Å²) in [7, 11) is 0. The number of anilines is 1. The van der Waals surface area contributed by atoms with Gasteiger partial charge in [-0.2, -0.15) is 10.4 Å². The van der Waals surface area contributed by atoms with Gasteiger partial charge < -0.3 is 10.6 Å². The number of aromatic amines is 1. The number of likely N-dealkylation sites (tertiary alicyclic amines) is 1. The molecule has 1 amide bonds. The molecule has 1 unspecified atom stereocenters. The monoisotopic (exact) mass is 267 g/mol. The number of nitriles is 1. The van der Waals surface area contributed by atoms with Crippen LogP contribution in [-0.2, 0) is 0 Å². The van der Waals surface area contributed by atoms with E-state index in [0.29, 0.717) is 13.1 Å². The van der Waals surface area contributed by atoms with Crippen molar-refractivity contribution < 1.29 is 4.79 Å². The highest BCUT2D eigenvalue weighted by Crippen LogP contribution is 2.30. The van der Waals surface area contributed by atoms with Gasteiger partial charge >= 0.3 is 0 Å². The summed E-state index contributed by atoms with van der Waals surface area (Å²) in [6.45, 7) is 2.87. The van der Waals surface area contributed by atoms with E-state index >= 15 is 0 Å². The van der Waals surface area contributed by atoms with E-state index in [9.17, 15) is 4.79 Å². The number of carbonyl (C=O) groups is 1. The Morgan fingerprint density at radius 3 is 3.00 bits per heavy atom. The average Bonchev–Trinajstić information content (AvgIpc) is 2.69. The van der Waals surface area contributed by atoms with E-state index in [1.54, 1.807) is 4.90 Å². The highest BCUT2D eigenvalue weighted by atomic mass is 35.5. The lowest BCUT2D eigenvalue weighted by Crippen LogP contribution is -2.44. The first-order valence-electron chi connectivity index (χ1n) is 5.67. The molecule has 0 saturated carbocycles. The number of hydrogen-bond acceptors (Lipinski definition) is 4. The number of nitrogens with two attached hydrogens (primary N) is 1. The molecule has 6 nitrogen and oxygen atoms in total. The number of aromatic nitrogens is 2. The predicted molar refractivity (Wildman–Crippen MR) is 66.9 cm³/mol. The molecule has 0 aliphatic carbocycles. The number of amides is 1. The molecule has 0 spiro atoms. The Bertz CT molecular complexity index is 520. The number of halogens is 1. The van der Waals surface area contributed by atoms with Crippen LogP contribution in [0.2, 0.25) is 5.02 Å². The van der Waals surface area contributed by atoms with Gasteiger partial charge in [0.1, 0.15) is 10.7 Å². The SMILES string of the molecule is CC1(C#N)CCCN(C(=O)c2[nH]nc(N)c2Cl)C1. The summed E-state index contributed by atoms with van der Waals surface area (Å²) in [5.74, 6) is -0.148. The molecule has 7 heteroatoms. The van der Waals surface area contributed by atoms with Crippen molar-refractivity contribution in [2.24, 2.45) is 5.41 Å². The topological polar surface area (TPSA) is 98.8 Å². The van der Waals surface area contributed by atoms with Crippen molar-refractivity contribution in [1.82, 2.24) is 15.1 Å². The molecule has 0 bridgehead atoms. The van der Waals surface area contributed by atoms with Crippen LogP contribution in [0.3, 0.4) is 0 Å². The molecule has 1 fully saturated rings. The van der Waals surface area contributed by atoms with Gasteiger partial charge in [0.15, 0.2) is 5.82 Å². The van der Waals surface area contributed by atoms with Crippen LogP contribution in [0.5, 0.6) is 0 Å². The van der Waals surface area contributed by atoms with Crippen molar-refractivity contribution in [3.05, 3.63) is 10.7 Å². The minimum atomic E-state index is -0.494. The zero-order valence-corrected chi connectivity index (χ0v) is 10.8. The average molecular weight is 268 g/mol. The van der Waals surface area contributed by atoms with E-state index in [-0.39, 0.29) is 22.4 Å². The molecule has 1 aromatic heterocycles. The van der Waals surface area contributed by atoms with Crippen molar-refractivity contribution in [1.29, 1.82) is 5.26 Å². The summed E-state index contributed by atoms with van der Waals surface area (Å²) in [5.41, 5.74) is 5.19. The summed E-state index contributed by atoms with van der Waals surface area (Å²) >= 11 is 5.90. The van der Waals surface area contributed by atoms with E-state index in [0.717, 1.165) is 12.8 Å². The van der Waals surface area contributed by atoms with Crippen LogP contribution in [0.1, 0.15) is 30.3 Å². The third-order valence-electron chi connectivity index (χ3n) is 3.20. The Morgan fingerprint density at radius 2 is 2.44 bits per heavy atom. The zero-order chi connectivity index (χ0) is 13.3. The maximum atomic E-state index is 12.2. The molecule has 2 heterocycles. The normalized spacial score (nSPS) is 23.7. The Kier molecular flexibility index (Phi) is 3.18. The molecule has 1 aliphatic heterocycles. The zero-order valence-electron chi connectivity index (χ0n) is 10.0. The summed E-state index contributed by atoms with van der Waals surface area (Å²) < 4.78 is 0. The van der Waals surface area contributed by atoms with Crippen molar-refractivity contribution >= 4 is 23.3 Å². The summed E-state index contributed by atoms with van der Waals surface area (Å²) in [5, 5.41) is 15.5. The quantitative estimate of drug-likeness (QED) is 0.804. The van der Waals surface area contributed by atoms with Gasteiger partial charge in [-0.15, -0.1) is 0 Å². The van der Waals surface area contributed by atoms with Gasteiger partial charge in [-0.25, -0.2) is 0 Å². The number of H-pyrrole nitrogens is 1. The van der Waals surface area contributed by atoms with Gasteiger partial charge in [-0.3, -0.25) is 9.89 Å². The summed E-state index contributed by atoms with van der Waals surface area (Å²) in [6, 6.07) is 2.26. The number of rotatable bonds is 1. The van der Waals surface area contributed by atoms with Crippen molar-refractivity contribution in [2.45, 2.75) is 19.8 Å². The van der Waals surface area contributed by atoms with Gasteiger partial charge in [0.2, 0.25) is 0 Å². The Balaban J connectivity index is 2.20. The third kappa shape index (κ3) is 2.14. The lowest BCUT2D eigenvalue weighted by atomic mass is 9.83. The first kappa shape index (κ1) is 12.7. The standard InChI is InChI=1S/C11H14ClN5O/c1-11(5-13)3-2-4-17(6-11)10(18)8-7(12)9(14)16-15-8/h2-4,6H2,1H3,(H3,14,15,16). The molecule has 1 atom stereocenters. The predicted octanol–water partition coefficient (Wildman–Crippen LogP) is 1.41. The van der Waals surface area contributed by atoms with Crippen LogP contribution in [0.4, 0.5) is 5.82 Å². The van der Waals surface area contributed by atoms with Gasteiger partial charge in [0.25, 0.3) is 5.91 Å². The maximum Gasteiger partial charge on any atom is 0.273 e. The largest absolute Gasteiger partial charge is 0.381 e. The van der Waals surface area contributed by atoms with Crippen molar-refractivity contribution in [2.75, 3.05) is 18.8 Å². The minimum Gasteiger partial charge on any atom is -0.381 e. The van der Waals surface area contributed by atoms with Gasteiger partial charge in [-0.05, 0) is 19.8 Å². The van der Waals surface area contributed by atoms with E-state index in [4.69, 9.17) is 22.6 Å². The molecule has 0 radical (unpaired) electrons. The van der Waals surface area contributed by atoms with Crippen LogP contribution in [-0.4, -0.2) is 34.1 Å². The number of piperidine rings is 1. The van der Waals surface area contributed by atoms with E-state index in [1.807, 2.05) is 6.92 Å². The van der Waals surface area contributed by atoms with E-state index < -0.39 is 5.41 Å². The van der Waals surface area contributed by atoms with Crippen LogP contribution in [0.15, 0.2) is 0 Å². The molecule has 0 aromatic carbocycles. The first-order valence-corrected chi connectivity index (χ1v) is 6.04. The van der Waals surface area contributed by atoms with Gasteiger partial charge in [0.05, 0.1) is 11.5 Å². The van der Waals surface area contributed by atoms with Crippen molar-refractivity contribution in [3.8, 4) is 6.07 Å². The molecule has 96 valence electrons. The molecule has 1 aliphatic rings. The van der Waals surface area contributed by atoms with Gasteiger partial charge in [0, 0.05) is 13.1 Å². The second kappa shape index (κ2) is 4.50.